The van der Waals surface area contributed by atoms with Gasteiger partial charge in [-0.2, -0.15) is 0 Å². The molecule has 0 unspecified atom stereocenters. The lowest BCUT2D eigenvalue weighted by atomic mass is 9.95. The van der Waals surface area contributed by atoms with E-state index in [0.29, 0.717) is 0 Å². The van der Waals surface area contributed by atoms with E-state index in [1.165, 1.54) is 6.07 Å². The Labute approximate surface area is 150 Å². The molecule has 7 nitrogen and oxygen atoms in total. The van der Waals surface area contributed by atoms with Crippen LogP contribution >= 0.6 is 0 Å². The van der Waals surface area contributed by atoms with Crippen LogP contribution in [0, 0.1) is 11.7 Å². The first-order chi connectivity index (χ1) is 12.5. The smallest absolute Gasteiger partial charge is 0.403 e. The number of nitrogen functional groups attached to an aromatic ring is 1. The maximum absolute atomic E-state index is 14.0. The lowest BCUT2D eigenvalue weighted by molar-refractivity contribution is -0.275. The van der Waals surface area contributed by atoms with Crippen LogP contribution in [0.4, 0.5) is 23.5 Å². The minimum absolute atomic E-state index is 0.211. The van der Waals surface area contributed by atoms with E-state index in [0.717, 1.165) is 18.2 Å². The number of nitrogens with one attached hydrogen (secondary N) is 2. The van der Waals surface area contributed by atoms with Gasteiger partial charge >= 0.3 is 6.36 Å². The van der Waals surface area contributed by atoms with Crippen molar-refractivity contribution in [2.75, 3.05) is 5.73 Å². The predicted octanol–water partition coefficient (Wildman–Crippen LogP) is 2.52. The Morgan fingerprint density at radius 1 is 1.30 bits per heavy atom. The van der Waals surface area contributed by atoms with Crippen molar-refractivity contribution in [2.24, 2.45) is 5.92 Å². The number of hydrogen-bond acceptors (Lipinski definition) is 5. The summed E-state index contributed by atoms with van der Waals surface area (Å²) in [7, 11) is 0. The summed E-state index contributed by atoms with van der Waals surface area (Å²) in [5.74, 6) is -3.48. The zero-order valence-electron chi connectivity index (χ0n) is 14.2. The van der Waals surface area contributed by atoms with E-state index >= 15 is 0 Å². The van der Waals surface area contributed by atoms with Crippen LogP contribution in [-0.2, 0) is 0 Å². The Morgan fingerprint density at radius 3 is 2.48 bits per heavy atom. The summed E-state index contributed by atoms with van der Waals surface area (Å²) < 4.78 is 54.3. The van der Waals surface area contributed by atoms with E-state index in [1.54, 1.807) is 13.8 Å². The highest BCUT2D eigenvalue weighted by molar-refractivity contribution is 5.92. The van der Waals surface area contributed by atoms with Crippen LogP contribution in [0.3, 0.4) is 0 Å². The van der Waals surface area contributed by atoms with Crippen molar-refractivity contribution in [3.63, 3.8) is 0 Å². The summed E-state index contributed by atoms with van der Waals surface area (Å²) in [6, 6.07) is 3.03. The van der Waals surface area contributed by atoms with Crippen LogP contribution < -0.4 is 21.3 Å². The van der Waals surface area contributed by atoms with Crippen LogP contribution in [0.25, 0.3) is 0 Å². The molecule has 0 aliphatic carbocycles. The second-order valence-corrected chi connectivity index (χ2v) is 5.95. The average molecular weight is 388 g/mol. The fourth-order valence-electron chi connectivity index (χ4n) is 2.36. The van der Waals surface area contributed by atoms with Gasteiger partial charge < -0.3 is 15.8 Å². The van der Waals surface area contributed by atoms with Crippen molar-refractivity contribution in [3.05, 3.63) is 51.7 Å². The number of alkyl halides is 3. The first-order valence-corrected chi connectivity index (χ1v) is 7.69. The Hall–Kier alpha value is -3.11. The summed E-state index contributed by atoms with van der Waals surface area (Å²) in [6.07, 6.45) is -5.03. The number of hydrogen-bond donors (Lipinski definition) is 3. The highest BCUT2D eigenvalue weighted by Crippen LogP contribution is 2.30. The standard InChI is InChI=1S/C16H16F4N4O3/c1-7(2)13(24-14(26)10-6-12(25)23-15(21)22-10)8-3-4-11(9(17)5-8)27-16(18,19)20/h3-7,13H,1-2H3,(H,24,26)(H3,21,22,23,25)/t13-/m1/s1. The molecule has 4 N–H and O–H groups in total. The van der Waals surface area contributed by atoms with Crippen LogP contribution in [0.2, 0.25) is 0 Å². The molecule has 0 spiro atoms. The number of carbonyl (C=O) groups excluding carboxylic acids is 1. The quantitative estimate of drug-likeness (QED) is 0.682. The Bertz CT molecular complexity index is 896. The Morgan fingerprint density at radius 2 is 1.96 bits per heavy atom. The van der Waals surface area contributed by atoms with Crippen molar-refractivity contribution in [1.82, 2.24) is 15.3 Å². The molecule has 0 saturated carbocycles. The lowest BCUT2D eigenvalue weighted by Crippen LogP contribution is -2.33. The fourth-order valence-corrected chi connectivity index (χ4v) is 2.36. The number of rotatable bonds is 5. The van der Waals surface area contributed by atoms with Crippen LogP contribution in [0.15, 0.2) is 29.1 Å². The number of ether oxygens (including phenoxy) is 1. The van der Waals surface area contributed by atoms with Gasteiger partial charge in [0.25, 0.3) is 11.5 Å². The zero-order valence-corrected chi connectivity index (χ0v) is 14.2. The summed E-state index contributed by atoms with van der Waals surface area (Å²) in [5.41, 5.74) is 4.71. The molecule has 0 aliphatic rings. The first kappa shape index (κ1) is 20.2. The predicted molar refractivity (Wildman–Crippen MR) is 87.4 cm³/mol. The fraction of sp³-hybridized carbons (Fsp3) is 0.312. The van der Waals surface area contributed by atoms with Gasteiger partial charge in [-0.1, -0.05) is 19.9 Å². The number of aromatic amines is 1. The van der Waals surface area contributed by atoms with Crippen LogP contribution in [0.1, 0.15) is 35.9 Å². The molecule has 2 aromatic rings. The molecule has 146 valence electrons. The maximum atomic E-state index is 14.0. The third kappa shape index (κ3) is 5.43. The van der Waals surface area contributed by atoms with Gasteiger partial charge in [-0.25, -0.2) is 9.37 Å². The summed E-state index contributed by atoms with van der Waals surface area (Å²) in [5, 5.41) is 2.56. The molecule has 0 fully saturated rings. The highest BCUT2D eigenvalue weighted by atomic mass is 19.4. The third-order valence-corrected chi connectivity index (χ3v) is 3.49. The van der Waals surface area contributed by atoms with Gasteiger partial charge in [0, 0.05) is 6.07 Å². The minimum atomic E-state index is -5.03. The molecule has 2 rings (SSSR count). The maximum Gasteiger partial charge on any atom is 0.573 e. The van der Waals surface area contributed by atoms with Crippen molar-refractivity contribution >= 4 is 11.9 Å². The molecule has 0 radical (unpaired) electrons. The number of H-pyrrole nitrogens is 1. The average Bonchev–Trinajstić information content (AvgIpc) is 2.52. The van der Waals surface area contributed by atoms with E-state index in [1.807, 2.05) is 0 Å². The molecule has 11 heteroatoms. The SMILES string of the molecule is CC(C)[C@@H](NC(=O)c1cc(=O)[nH]c(N)n1)c1ccc(OC(F)(F)F)c(F)c1. The van der Waals surface area contributed by atoms with Crippen molar-refractivity contribution < 1.29 is 27.1 Å². The second-order valence-electron chi connectivity index (χ2n) is 5.95. The molecule has 1 atom stereocenters. The molecule has 1 aromatic carbocycles. The molecule has 0 aliphatic heterocycles. The molecule has 0 saturated heterocycles. The number of anilines is 1. The third-order valence-electron chi connectivity index (χ3n) is 3.49. The molecule has 1 heterocycles. The monoisotopic (exact) mass is 388 g/mol. The number of aromatic nitrogens is 2. The Balaban J connectivity index is 2.28. The molecular formula is C16H16F4N4O3. The molecule has 27 heavy (non-hydrogen) atoms. The summed E-state index contributed by atoms with van der Waals surface area (Å²) in [4.78, 5) is 29.6. The number of amides is 1. The van der Waals surface area contributed by atoms with Gasteiger partial charge in [-0.15, -0.1) is 13.2 Å². The van der Waals surface area contributed by atoms with Crippen molar-refractivity contribution in [1.29, 1.82) is 0 Å². The van der Waals surface area contributed by atoms with E-state index in [4.69, 9.17) is 5.73 Å². The van der Waals surface area contributed by atoms with Gasteiger partial charge in [0.15, 0.2) is 11.6 Å². The normalized spacial score (nSPS) is 12.7. The number of benzene rings is 1. The van der Waals surface area contributed by atoms with Gasteiger partial charge in [0.2, 0.25) is 5.95 Å². The Kier molecular flexibility index (Phi) is 5.72. The van der Waals surface area contributed by atoms with Crippen molar-refractivity contribution in [3.8, 4) is 5.75 Å². The molecule has 1 aromatic heterocycles. The van der Waals surface area contributed by atoms with E-state index in [9.17, 15) is 27.2 Å². The minimum Gasteiger partial charge on any atom is -0.403 e. The highest BCUT2D eigenvalue weighted by Gasteiger charge is 2.32. The number of carbonyl (C=O) groups is 1. The van der Waals surface area contributed by atoms with E-state index < -0.39 is 35.4 Å². The van der Waals surface area contributed by atoms with E-state index in [2.05, 4.69) is 20.0 Å². The van der Waals surface area contributed by atoms with Gasteiger partial charge in [-0.3, -0.25) is 14.6 Å². The molecular weight excluding hydrogens is 372 g/mol. The van der Waals surface area contributed by atoms with Gasteiger partial charge in [0.05, 0.1) is 6.04 Å². The molecule has 0 bridgehead atoms. The summed E-state index contributed by atoms with van der Waals surface area (Å²) in [6.45, 7) is 3.42. The van der Waals surface area contributed by atoms with Crippen molar-refractivity contribution in [2.45, 2.75) is 26.3 Å². The number of nitrogens with two attached hydrogens (primary N) is 1. The zero-order chi connectivity index (χ0) is 20.4. The van der Waals surface area contributed by atoms with Gasteiger partial charge in [-0.05, 0) is 23.6 Å². The number of nitrogens with zero attached hydrogens (tertiary/aromatic N) is 1. The van der Waals surface area contributed by atoms with Gasteiger partial charge in [0.1, 0.15) is 5.69 Å². The molecule has 1 amide bonds. The van der Waals surface area contributed by atoms with Crippen LogP contribution in [0.5, 0.6) is 5.75 Å². The van der Waals surface area contributed by atoms with Crippen LogP contribution in [-0.4, -0.2) is 22.2 Å². The number of halogens is 4. The topological polar surface area (TPSA) is 110 Å². The second kappa shape index (κ2) is 7.64. The van der Waals surface area contributed by atoms with E-state index in [-0.39, 0.29) is 23.1 Å². The largest absolute Gasteiger partial charge is 0.573 e. The summed E-state index contributed by atoms with van der Waals surface area (Å²) >= 11 is 0. The lowest BCUT2D eigenvalue weighted by Gasteiger charge is -2.23. The first-order valence-electron chi connectivity index (χ1n) is 7.69.